The Morgan fingerprint density at radius 2 is 2.15 bits per heavy atom. The van der Waals surface area contributed by atoms with Gasteiger partial charge in [0.2, 0.25) is 0 Å². The molecule has 1 N–H and O–H groups in total. The summed E-state index contributed by atoms with van der Waals surface area (Å²) in [6.45, 7) is 1.79. The van der Waals surface area contributed by atoms with Gasteiger partial charge >= 0.3 is 5.97 Å². The van der Waals surface area contributed by atoms with Crippen LogP contribution in [0.3, 0.4) is 0 Å². The average molecular weight is 285 g/mol. The number of carboxylic acids is 1. The molecule has 0 amide bonds. The number of aromatic carboxylic acids is 1. The van der Waals surface area contributed by atoms with E-state index in [1.165, 1.54) is 11.8 Å². The molecule has 0 unspecified atom stereocenters. The van der Waals surface area contributed by atoms with E-state index in [0.29, 0.717) is 5.56 Å². The molecular weight excluding hydrogens is 274 g/mol. The van der Waals surface area contributed by atoms with Crippen molar-refractivity contribution in [1.29, 1.82) is 0 Å². The number of nitrogens with zero attached hydrogens (tertiary/aromatic N) is 3. The number of aromatic nitrogens is 3. The third-order valence-electron chi connectivity index (χ3n) is 2.94. The highest BCUT2D eigenvalue weighted by Gasteiger charge is 2.10. The third kappa shape index (κ3) is 2.25. The van der Waals surface area contributed by atoms with Gasteiger partial charge in [0.1, 0.15) is 5.03 Å². The minimum Gasteiger partial charge on any atom is -0.478 e. The Morgan fingerprint density at radius 3 is 2.95 bits per heavy atom. The number of hydrogen-bond donors (Lipinski definition) is 1. The highest BCUT2D eigenvalue weighted by atomic mass is 32.2. The first-order valence-corrected chi connectivity index (χ1v) is 6.77. The second kappa shape index (κ2) is 4.97. The van der Waals surface area contributed by atoms with Crippen molar-refractivity contribution in [1.82, 2.24) is 14.6 Å². The molecule has 20 heavy (non-hydrogen) atoms. The third-order valence-corrected chi connectivity index (χ3v) is 3.94. The van der Waals surface area contributed by atoms with Crippen molar-refractivity contribution in [3.8, 4) is 0 Å². The summed E-state index contributed by atoms with van der Waals surface area (Å²) in [6, 6.07) is 7.25. The quantitative estimate of drug-likeness (QED) is 0.801. The molecular formula is C14H11N3O2S. The molecule has 0 bridgehead atoms. The Balaban J connectivity index is 2.01. The Kier molecular flexibility index (Phi) is 3.15. The van der Waals surface area contributed by atoms with Crippen LogP contribution in [0.5, 0.6) is 0 Å². The van der Waals surface area contributed by atoms with Gasteiger partial charge in [-0.25, -0.2) is 14.3 Å². The molecule has 6 heteroatoms. The van der Waals surface area contributed by atoms with Crippen molar-refractivity contribution in [2.75, 3.05) is 0 Å². The first-order valence-electron chi connectivity index (χ1n) is 5.95. The number of rotatable bonds is 3. The lowest BCUT2D eigenvalue weighted by Gasteiger charge is -2.06. The zero-order valence-corrected chi connectivity index (χ0v) is 11.5. The predicted molar refractivity (Wildman–Crippen MR) is 75.2 cm³/mol. The average Bonchev–Trinajstić information content (AvgIpc) is 2.90. The van der Waals surface area contributed by atoms with Gasteiger partial charge in [-0.05, 0) is 30.7 Å². The highest BCUT2D eigenvalue weighted by molar-refractivity contribution is 7.99. The number of carboxylic acid groups (broad SMARTS) is 1. The zero-order valence-electron chi connectivity index (χ0n) is 10.6. The number of fused-ring (bicyclic) bond motifs is 1. The van der Waals surface area contributed by atoms with E-state index in [-0.39, 0.29) is 0 Å². The first-order chi connectivity index (χ1) is 9.65. The summed E-state index contributed by atoms with van der Waals surface area (Å²) in [4.78, 5) is 16.3. The molecule has 0 saturated heterocycles. The number of hydrogen-bond acceptors (Lipinski definition) is 4. The molecule has 100 valence electrons. The van der Waals surface area contributed by atoms with E-state index in [2.05, 4.69) is 10.1 Å². The Bertz CT molecular complexity index is 798. The molecule has 5 nitrogen and oxygen atoms in total. The molecule has 2 aromatic heterocycles. The lowest BCUT2D eigenvalue weighted by molar-refractivity contribution is 0.0696. The SMILES string of the molecule is Cc1ccc(Sc2nccn3nccc23)cc1C(=O)O. The molecule has 0 aliphatic rings. The minimum atomic E-state index is -0.916. The molecule has 0 spiro atoms. The van der Waals surface area contributed by atoms with Gasteiger partial charge in [-0.1, -0.05) is 17.8 Å². The maximum Gasteiger partial charge on any atom is 0.335 e. The maximum atomic E-state index is 11.2. The maximum absolute atomic E-state index is 11.2. The highest BCUT2D eigenvalue weighted by Crippen LogP contribution is 2.30. The largest absolute Gasteiger partial charge is 0.478 e. The lowest BCUT2D eigenvalue weighted by Crippen LogP contribution is -1.99. The van der Waals surface area contributed by atoms with Crippen LogP contribution in [0.25, 0.3) is 5.52 Å². The molecule has 3 aromatic rings. The standard InChI is InChI=1S/C14H11N3O2S/c1-9-2-3-10(8-11(9)14(18)19)20-13-12-4-5-16-17(12)7-6-15-13/h2-8H,1H3,(H,18,19). The van der Waals surface area contributed by atoms with Crippen LogP contribution in [0.1, 0.15) is 15.9 Å². The van der Waals surface area contributed by atoms with Gasteiger partial charge in [0.05, 0.1) is 17.3 Å². The first kappa shape index (κ1) is 12.7. The van der Waals surface area contributed by atoms with Gasteiger partial charge in [-0.15, -0.1) is 0 Å². The van der Waals surface area contributed by atoms with Crippen LogP contribution in [-0.2, 0) is 0 Å². The topological polar surface area (TPSA) is 67.5 Å². The van der Waals surface area contributed by atoms with Crippen molar-refractivity contribution in [2.24, 2.45) is 0 Å². The van der Waals surface area contributed by atoms with E-state index >= 15 is 0 Å². The van der Waals surface area contributed by atoms with Crippen molar-refractivity contribution >= 4 is 23.2 Å². The molecule has 0 saturated carbocycles. The van der Waals surface area contributed by atoms with E-state index in [4.69, 9.17) is 5.11 Å². The van der Waals surface area contributed by atoms with Crippen LogP contribution >= 0.6 is 11.8 Å². The van der Waals surface area contributed by atoms with E-state index in [1.807, 2.05) is 18.2 Å². The fourth-order valence-electron chi connectivity index (χ4n) is 1.92. The van der Waals surface area contributed by atoms with Crippen molar-refractivity contribution in [2.45, 2.75) is 16.8 Å². The lowest BCUT2D eigenvalue weighted by atomic mass is 10.1. The van der Waals surface area contributed by atoms with Crippen molar-refractivity contribution in [3.05, 3.63) is 54.0 Å². The van der Waals surface area contributed by atoms with Crippen molar-refractivity contribution < 1.29 is 9.90 Å². The number of aryl methyl sites for hydroxylation is 1. The van der Waals surface area contributed by atoms with E-state index in [9.17, 15) is 4.79 Å². The molecule has 2 heterocycles. The van der Waals surface area contributed by atoms with Crippen LogP contribution in [0, 0.1) is 6.92 Å². The van der Waals surface area contributed by atoms with Crippen LogP contribution in [0.4, 0.5) is 0 Å². The fourth-order valence-corrected chi connectivity index (χ4v) is 2.83. The van der Waals surface area contributed by atoms with Crippen LogP contribution in [0.2, 0.25) is 0 Å². The Hall–Kier alpha value is -2.34. The summed E-state index contributed by atoms with van der Waals surface area (Å²) in [6.07, 6.45) is 5.16. The fraction of sp³-hybridized carbons (Fsp3) is 0.0714. The number of benzene rings is 1. The Labute approximate surface area is 119 Å². The Morgan fingerprint density at radius 1 is 1.30 bits per heavy atom. The van der Waals surface area contributed by atoms with Crippen LogP contribution in [-0.4, -0.2) is 25.7 Å². The summed E-state index contributed by atoms with van der Waals surface area (Å²) in [5.41, 5.74) is 1.96. The van der Waals surface area contributed by atoms with E-state index in [0.717, 1.165) is 21.0 Å². The molecule has 0 aliphatic heterocycles. The second-order valence-corrected chi connectivity index (χ2v) is 5.34. The summed E-state index contributed by atoms with van der Waals surface area (Å²) in [5, 5.41) is 14.1. The molecule has 1 aromatic carbocycles. The molecule has 0 aliphatic carbocycles. The van der Waals surface area contributed by atoms with Gasteiger partial charge in [0, 0.05) is 17.3 Å². The monoisotopic (exact) mass is 285 g/mol. The van der Waals surface area contributed by atoms with E-state index in [1.54, 1.807) is 36.1 Å². The molecule has 0 radical (unpaired) electrons. The van der Waals surface area contributed by atoms with E-state index < -0.39 is 5.97 Å². The second-order valence-electron chi connectivity index (χ2n) is 4.28. The number of carbonyl (C=O) groups is 1. The van der Waals surface area contributed by atoms with Gasteiger partial charge in [-0.2, -0.15) is 5.10 Å². The van der Waals surface area contributed by atoms with Gasteiger partial charge < -0.3 is 5.11 Å². The van der Waals surface area contributed by atoms with Gasteiger partial charge in [0.15, 0.2) is 0 Å². The molecule has 0 atom stereocenters. The molecule has 0 fully saturated rings. The summed E-state index contributed by atoms with van der Waals surface area (Å²) < 4.78 is 1.74. The van der Waals surface area contributed by atoms with Gasteiger partial charge in [0.25, 0.3) is 0 Å². The summed E-state index contributed by atoms with van der Waals surface area (Å²) in [5.74, 6) is -0.916. The zero-order chi connectivity index (χ0) is 14.1. The summed E-state index contributed by atoms with van der Waals surface area (Å²) >= 11 is 1.43. The van der Waals surface area contributed by atoms with Crippen LogP contribution < -0.4 is 0 Å². The predicted octanol–water partition coefficient (Wildman–Crippen LogP) is 2.89. The molecule has 3 rings (SSSR count). The van der Waals surface area contributed by atoms with Crippen LogP contribution in [0.15, 0.2) is 52.8 Å². The van der Waals surface area contributed by atoms with Gasteiger partial charge in [-0.3, -0.25) is 0 Å². The summed E-state index contributed by atoms with van der Waals surface area (Å²) in [7, 11) is 0. The normalized spacial score (nSPS) is 10.8. The van der Waals surface area contributed by atoms with Crippen molar-refractivity contribution in [3.63, 3.8) is 0 Å². The minimum absolute atomic E-state index is 0.315. The smallest absolute Gasteiger partial charge is 0.335 e.